The summed E-state index contributed by atoms with van der Waals surface area (Å²) in [6.45, 7) is 0. The molecule has 0 heterocycles. The number of hydrogen-bond acceptors (Lipinski definition) is 2. The van der Waals surface area contributed by atoms with Gasteiger partial charge in [-0.1, -0.05) is 42.5 Å². The van der Waals surface area contributed by atoms with Crippen LogP contribution in [0, 0.1) is 0 Å². The second-order valence-electron chi connectivity index (χ2n) is 4.23. The number of aryl methyl sites for hydroxylation is 1. The molecule has 0 aromatic heterocycles. The Hall–Kier alpha value is -1.80. The van der Waals surface area contributed by atoms with Crippen molar-refractivity contribution in [1.29, 1.82) is 0 Å². The van der Waals surface area contributed by atoms with Crippen LogP contribution in [0.25, 0.3) is 0 Å². The summed E-state index contributed by atoms with van der Waals surface area (Å²) in [6, 6.07) is 17.4. The molecule has 0 spiro atoms. The molecule has 0 fully saturated rings. The molecule has 0 bridgehead atoms. The molecular formula is C15H17NO. The van der Waals surface area contributed by atoms with E-state index in [4.69, 9.17) is 5.73 Å². The Kier molecular flexibility index (Phi) is 3.78. The lowest BCUT2D eigenvalue weighted by atomic mass is 10.00. The van der Waals surface area contributed by atoms with E-state index in [1.807, 2.05) is 30.3 Å². The van der Waals surface area contributed by atoms with Crippen LogP contribution in [0.3, 0.4) is 0 Å². The van der Waals surface area contributed by atoms with Gasteiger partial charge in [0.15, 0.2) is 0 Å². The molecule has 3 N–H and O–H groups in total. The van der Waals surface area contributed by atoms with Crippen LogP contribution in [0.2, 0.25) is 0 Å². The van der Waals surface area contributed by atoms with Crippen LogP contribution in [-0.4, -0.2) is 5.11 Å². The fourth-order valence-electron chi connectivity index (χ4n) is 1.89. The van der Waals surface area contributed by atoms with Gasteiger partial charge < -0.3 is 10.8 Å². The molecule has 17 heavy (non-hydrogen) atoms. The van der Waals surface area contributed by atoms with Crippen molar-refractivity contribution in [2.24, 2.45) is 5.73 Å². The number of rotatable bonds is 4. The molecule has 0 aliphatic rings. The number of hydrogen-bond donors (Lipinski definition) is 2. The highest BCUT2D eigenvalue weighted by Gasteiger charge is 2.06. The van der Waals surface area contributed by atoms with Crippen molar-refractivity contribution in [3.8, 4) is 5.75 Å². The summed E-state index contributed by atoms with van der Waals surface area (Å²) >= 11 is 0. The van der Waals surface area contributed by atoms with Crippen molar-refractivity contribution in [2.45, 2.75) is 18.9 Å². The maximum atomic E-state index is 9.39. The van der Waals surface area contributed by atoms with Crippen LogP contribution >= 0.6 is 0 Å². The molecule has 0 saturated carbocycles. The van der Waals surface area contributed by atoms with Gasteiger partial charge in [0.1, 0.15) is 5.75 Å². The van der Waals surface area contributed by atoms with E-state index in [2.05, 4.69) is 12.1 Å². The first kappa shape index (κ1) is 11.7. The highest BCUT2D eigenvalue weighted by molar-refractivity contribution is 5.29. The summed E-state index contributed by atoms with van der Waals surface area (Å²) in [7, 11) is 0. The van der Waals surface area contributed by atoms with Crippen molar-refractivity contribution >= 4 is 0 Å². The second-order valence-corrected chi connectivity index (χ2v) is 4.23. The van der Waals surface area contributed by atoms with Gasteiger partial charge in [-0.15, -0.1) is 0 Å². The van der Waals surface area contributed by atoms with Gasteiger partial charge in [0.05, 0.1) is 0 Å². The van der Waals surface area contributed by atoms with Crippen molar-refractivity contribution in [3.05, 3.63) is 65.7 Å². The molecule has 2 aromatic carbocycles. The van der Waals surface area contributed by atoms with Gasteiger partial charge in [0.2, 0.25) is 0 Å². The van der Waals surface area contributed by atoms with Crippen molar-refractivity contribution in [2.75, 3.05) is 0 Å². The van der Waals surface area contributed by atoms with Crippen molar-refractivity contribution < 1.29 is 5.11 Å². The highest BCUT2D eigenvalue weighted by atomic mass is 16.3. The number of aromatic hydroxyl groups is 1. The number of benzene rings is 2. The molecule has 2 heteroatoms. The Morgan fingerprint density at radius 1 is 1.00 bits per heavy atom. The molecule has 0 aliphatic carbocycles. The predicted octanol–water partition coefficient (Wildman–Crippen LogP) is 3.02. The monoisotopic (exact) mass is 227 g/mol. The van der Waals surface area contributed by atoms with E-state index in [-0.39, 0.29) is 11.8 Å². The lowest BCUT2D eigenvalue weighted by molar-refractivity contribution is 0.473. The van der Waals surface area contributed by atoms with Crippen LogP contribution in [0.15, 0.2) is 54.6 Å². The zero-order chi connectivity index (χ0) is 12.1. The Labute approximate surface area is 102 Å². The first-order chi connectivity index (χ1) is 8.25. The third-order valence-corrected chi connectivity index (χ3v) is 2.89. The zero-order valence-corrected chi connectivity index (χ0v) is 9.71. The SMILES string of the molecule is NC(CCc1ccccc1)c1cccc(O)c1. The Morgan fingerprint density at radius 3 is 2.47 bits per heavy atom. The van der Waals surface area contributed by atoms with Gasteiger partial charge in [-0.2, -0.15) is 0 Å². The second kappa shape index (κ2) is 5.51. The van der Waals surface area contributed by atoms with Gasteiger partial charge in [-0.3, -0.25) is 0 Å². The Morgan fingerprint density at radius 2 is 1.76 bits per heavy atom. The average molecular weight is 227 g/mol. The predicted molar refractivity (Wildman–Crippen MR) is 69.8 cm³/mol. The van der Waals surface area contributed by atoms with Crippen LogP contribution < -0.4 is 5.73 Å². The molecule has 0 amide bonds. The van der Waals surface area contributed by atoms with Crippen LogP contribution in [0.5, 0.6) is 5.75 Å². The van der Waals surface area contributed by atoms with Crippen LogP contribution in [0.4, 0.5) is 0 Å². The van der Waals surface area contributed by atoms with Gasteiger partial charge in [-0.25, -0.2) is 0 Å². The smallest absolute Gasteiger partial charge is 0.115 e. The molecule has 0 radical (unpaired) electrons. The third-order valence-electron chi connectivity index (χ3n) is 2.89. The normalized spacial score (nSPS) is 12.3. The minimum absolute atomic E-state index is 0.0256. The first-order valence-corrected chi connectivity index (χ1v) is 5.84. The summed E-state index contributed by atoms with van der Waals surface area (Å²) in [5, 5.41) is 9.39. The first-order valence-electron chi connectivity index (χ1n) is 5.84. The molecule has 2 nitrogen and oxygen atoms in total. The van der Waals surface area contributed by atoms with Crippen molar-refractivity contribution in [3.63, 3.8) is 0 Å². The summed E-state index contributed by atoms with van der Waals surface area (Å²) < 4.78 is 0. The molecule has 2 rings (SSSR count). The minimum atomic E-state index is -0.0256. The summed E-state index contributed by atoms with van der Waals surface area (Å²) in [6.07, 6.45) is 1.84. The van der Waals surface area contributed by atoms with E-state index in [0.29, 0.717) is 0 Å². The third kappa shape index (κ3) is 3.33. The summed E-state index contributed by atoms with van der Waals surface area (Å²) in [5.41, 5.74) is 8.38. The standard InChI is InChI=1S/C15H17NO/c16-15(13-7-4-8-14(17)11-13)10-9-12-5-2-1-3-6-12/h1-8,11,15,17H,9-10,16H2. The molecular weight excluding hydrogens is 210 g/mol. The van der Waals surface area contributed by atoms with E-state index in [1.165, 1.54) is 5.56 Å². The summed E-state index contributed by atoms with van der Waals surface area (Å²) in [5.74, 6) is 0.276. The molecule has 2 aromatic rings. The lowest BCUT2D eigenvalue weighted by Gasteiger charge is -2.12. The van der Waals surface area contributed by atoms with Gasteiger partial charge in [-0.05, 0) is 36.1 Å². The summed E-state index contributed by atoms with van der Waals surface area (Å²) in [4.78, 5) is 0. The number of phenolic OH excluding ortho intramolecular Hbond substituents is 1. The van der Waals surface area contributed by atoms with Crippen LogP contribution in [0.1, 0.15) is 23.6 Å². The van der Waals surface area contributed by atoms with E-state index < -0.39 is 0 Å². The number of nitrogens with two attached hydrogens (primary N) is 1. The topological polar surface area (TPSA) is 46.2 Å². The maximum absolute atomic E-state index is 9.39. The molecule has 0 aliphatic heterocycles. The highest BCUT2D eigenvalue weighted by Crippen LogP contribution is 2.20. The van der Waals surface area contributed by atoms with Crippen LogP contribution in [-0.2, 0) is 6.42 Å². The maximum Gasteiger partial charge on any atom is 0.115 e. The number of phenols is 1. The van der Waals surface area contributed by atoms with Gasteiger partial charge in [0.25, 0.3) is 0 Å². The Bertz CT molecular complexity index is 467. The zero-order valence-electron chi connectivity index (χ0n) is 9.71. The molecule has 88 valence electrons. The van der Waals surface area contributed by atoms with Crippen molar-refractivity contribution in [1.82, 2.24) is 0 Å². The van der Waals surface area contributed by atoms with E-state index in [0.717, 1.165) is 18.4 Å². The lowest BCUT2D eigenvalue weighted by Crippen LogP contribution is -2.11. The fraction of sp³-hybridized carbons (Fsp3) is 0.200. The minimum Gasteiger partial charge on any atom is -0.508 e. The molecule has 1 unspecified atom stereocenters. The van der Waals surface area contributed by atoms with E-state index in [9.17, 15) is 5.11 Å². The largest absolute Gasteiger partial charge is 0.508 e. The average Bonchev–Trinajstić information content (AvgIpc) is 2.37. The quantitative estimate of drug-likeness (QED) is 0.843. The van der Waals surface area contributed by atoms with Gasteiger partial charge >= 0.3 is 0 Å². The molecule has 0 saturated heterocycles. The Balaban J connectivity index is 1.96. The van der Waals surface area contributed by atoms with E-state index in [1.54, 1.807) is 12.1 Å². The molecule has 1 atom stereocenters. The van der Waals surface area contributed by atoms with Gasteiger partial charge in [0, 0.05) is 6.04 Å². The van der Waals surface area contributed by atoms with E-state index >= 15 is 0 Å². The fourth-order valence-corrected chi connectivity index (χ4v) is 1.89.